The molecular weight excluding hydrogens is 259 g/mol. The van der Waals surface area contributed by atoms with Crippen molar-refractivity contribution in [3.05, 3.63) is 47.0 Å². The van der Waals surface area contributed by atoms with E-state index in [-0.39, 0.29) is 12.4 Å². The van der Waals surface area contributed by atoms with Crippen molar-refractivity contribution >= 4 is 34.0 Å². The molecule has 2 rings (SSSR count). The van der Waals surface area contributed by atoms with Crippen LogP contribution in [0.4, 0.5) is 0 Å². The van der Waals surface area contributed by atoms with Crippen LogP contribution in [0.25, 0.3) is 10.8 Å². The standard InChI is InChI=1S/C13H10Cl2O2/c14-7-11(15)8-17-13-4-2-9-1-3-12(16)5-10(9)6-13/h1-7,16H,8H2. The quantitative estimate of drug-likeness (QED) is 0.902. The van der Waals surface area contributed by atoms with Crippen molar-refractivity contribution in [2.75, 3.05) is 6.61 Å². The number of aromatic hydroxyl groups is 1. The predicted molar refractivity (Wildman–Crippen MR) is 70.9 cm³/mol. The second kappa shape index (κ2) is 5.30. The van der Waals surface area contributed by atoms with E-state index in [1.807, 2.05) is 24.3 Å². The molecule has 88 valence electrons. The third-order valence-electron chi connectivity index (χ3n) is 2.29. The van der Waals surface area contributed by atoms with Gasteiger partial charge >= 0.3 is 0 Å². The Hall–Kier alpha value is -1.38. The van der Waals surface area contributed by atoms with Crippen molar-refractivity contribution < 1.29 is 9.84 Å². The second-order valence-electron chi connectivity index (χ2n) is 3.54. The molecule has 4 heteroatoms. The van der Waals surface area contributed by atoms with Crippen LogP contribution in [-0.2, 0) is 0 Å². The largest absolute Gasteiger partial charge is 0.508 e. The fourth-order valence-corrected chi connectivity index (χ4v) is 1.60. The Kier molecular flexibility index (Phi) is 3.77. The van der Waals surface area contributed by atoms with Crippen molar-refractivity contribution in [3.63, 3.8) is 0 Å². The Balaban J connectivity index is 2.25. The fourth-order valence-electron chi connectivity index (χ4n) is 1.49. The number of benzene rings is 2. The summed E-state index contributed by atoms with van der Waals surface area (Å²) in [6.07, 6.45) is 0. The first-order chi connectivity index (χ1) is 8.19. The molecule has 0 saturated heterocycles. The maximum absolute atomic E-state index is 9.39. The van der Waals surface area contributed by atoms with Gasteiger partial charge in [-0.1, -0.05) is 35.3 Å². The van der Waals surface area contributed by atoms with E-state index < -0.39 is 0 Å². The third kappa shape index (κ3) is 3.05. The van der Waals surface area contributed by atoms with Crippen molar-refractivity contribution in [1.82, 2.24) is 0 Å². The van der Waals surface area contributed by atoms with Gasteiger partial charge in [0.2, 0.25) is 0 Å². The first-order valence-electron chi connectivity index (χ1n) is 4.99. The highest BCUT2D eigenvalue weighted by molar-refractivity contribution is 6.36. The van der Waals surface area contributed by atoms with Crippen LogP contribution >= 0.6 is 23.2 Å². The lowest BCUT2D eigenvalue weighted by molar-refractivity contribution is 0.360. The van der Waals surface area contributed by atoms with Gasteiger partial charge in [0.05, 0.1) is 5.03 Å². The maximum Gasteiger partial charge on any atom is 0.125 e. The fraction of sp³-hybridized carbons (Fsp3) is 0.0769. The predicted octanol–water partition coefficient (Wildman–Crippen LogP) is 4.24. The van der Waals surface area contributed by atoms with Gasteiger partial charge in [-0.15, -0.1) is 0 Å². The summed E-state index contributed by atoms with van der Waals surface area (Å²) in [4.78, 5) is 0. The van der Waals surface area contributed by atoms with Crippen LogP contribution in [0.15, 0.2) is 47.0 Å². The Labute approximate surface area is 109 Å². The molecule has 0 amide bonds. The summed E-state index contributed by atoms with van der Waals surface area (Å²) in [6.45, 7) is 0.232. The lowest BCUT2D eigenvalue weighted by atomic mass is 10.1. The first-order valence-corrected chi connectivity index (χ1v) is 5.81. The average molecular weight is 269 g/mol. The molecule has 0 heterocycles. The zero-order chi connectivity index (χ0) is 12.3. The topological polar surface area (TPSA) is 29.5 Å². The monoisotopic (exact) mass is 268 g/mol. The van der Waals surface area contributed by atoms with Gasteiger partial charge in [-0.05, 0) is 35.0 Å². The van der Waals surface area contributed by atoms with Crippen LogP contribution in [0.3, 0.4) is 0 Å². The molecule has 0 aromatic heterocycles. The lowest BCUT2D eigenvalue weighted by Crippen LogP contribution is -1.96. The zero-order valence-electron chi connectivity index (χ0n) is 8.86. The first kappa shape index (κ1) is 12.1. The van der Waals surface area contributed by atoms with Crippen LogP contribution in [0, 0.1) is 0 Å². The number of halogens is 2. The molecule has 0 spiro atoms. The van der Waals surface area contributed by atoms with Crippen molar-refractivity contribution in [3.8, 4) is 11.5 Å². The number of phenolic OH excluding ortho intramolecular Hbond substituents is 1. The number of hydrogen-bond acceptors (Lipinski definition) is 2. The highest BCUT2D eigenvalue weighted by Gasteiger charge is 2.00. The SMILES string of the molecule is Oc1ccc2ccc(OCC(Cl)=CCl)cc2c1. The van der Waals surface area contributed by atoms with Crippen LogP contribution < -0.4 is 4.74 Å². The molecule has 2 aromatic carbocycles. The Bertz CT molecular complexity index is 564. The van der Waals surface area contributed by atoms with E-state index in [0.29, 0.717) is 10.8 Å². The molecule has 2 nitrogen and oxygen atoms in total. The smallest absolute Gasteiger partial charge is 0.125 e. The van der Waals surface area contributed by atoms with Crippen LogP contribution in [0.1, 0.15) is 0 Å². The molecule has 0 aliphatic carbocycles. The highest BCUT2D eigenvalue weighted by Crippen LogP contribution is 2.24. The summed E-state index contributed by atoms with van der Waals surface area (Å²) in [7, 11) is 0. The summed E-state index contributed by atoms with van der Waals surface area (Å²) >= 11 is 11.1. The van der Waals surface area contributed by atoms with Gasteiger partial charge in [-0.2, -0.15) is 0 Å². The van der Waals surface area contributed by atoms with Gasteiger partial charge in [0, 0.05) is 5.54 Å². The second-order valence-corrected chi connectivity index (χ2v) is 4.24. The molecule has 0 radical (unpaired) electrons. The van der Waals surface area contributed by atoms with Gasteiger partial charge in [0.15, 0.2) is 0 Å². The van der Waals surface area contributed by atoms with E-state index in [4.69, 9.17) is 27.9 Å². The number of fused-ring (bicyclic) bond motifs is 1. The minimum absolute atomic E-state index is 0.230. The summed E-state index contributed by atoms with van der Waals surface area (Å²) in [5.41, 5.74) is 1.27. The minimum Gasteiger partial charge on any atom is -0.508 e. The number of phenols is 1. The molecule has 0 aliphatic heterocycles. The van der Waals surface area contributed by atoms with Crippen LogP contribution in [0.2, 0.25) is 0 Å². The van der Waals surface area contributed by atoms with Crippen molar-refractivity contribution in [1.29, 1.82) is 0 Å². The van der Waals surface area contributed by atoms with Gasteiger partial charge < -0.3 is 9.84 Å². The van der Waals surface area contributed by atoms with E-state index in [1.165, 1.54) is 5.54 Å². The highest BCUT2D eigenvalue weighted by atomic mass is 35.5. The molecule has 0 unspecified atom stereocenters. The summed E-state index contributed by atoms with van der Waals surface area (Å²) in [6, 6.07) is 10.8. The van der Waals surface area contributed by atoms with Gasteiger partial charge in [-0.25, -0.2) is 0 Å². The number of rotatable bonds is 3. The Morgan fingerprint density at radius 3 is 2.71 bits per heavy atom. The molecule has 17 heavy (non-hydrogen) atoms. The van der Waals surface area contributed by atoms with E-state index in [0.717, 1.165) is 10.8 Å². The van der Waals surface area contributed by atoms with Gasteiger partial charge in [0.1, 0.15) is 18.1 Å². The summed E-state index contributed by atoms with van der Waals surface area (Å²) < 4.78 is 5.44. The summed E-state index contributed by atoms with van der Waals surface area (Å²) in [5, 5.41) is 11.8. The van der Waals surface area contributed by atoms with Crippen molar-refractivity contribution in [2.45, 2.75) is 0 Å². The molecule has 0 aliphatic rings. The lowest BCUT2D eigenvalue weighted by Gasteiger charge is -2.06. The Morgan fingerprint density at radius 2 is 1.94 bits per heavy atom. The van der Waals surface area contributed by atoms with E-state index >= 15 is 0 Å². The van der Waals surface area contributed by atoms with Gasteiger partial charge in [-0.3, -0.25) is 0 Å². The van der Waals surface area contributed by atoms with Crippen LogP contribution in [0.5, 0.6) is 11.5 Å². The summed E-state index contributed by atoms with van der Waals surface area (Å²) in [5.74, 6) is 0.910. The number of ether oxygens (including phenoxy) is 1. The maximum atomic E-state index is 9.39. The molecule has 2 aromatic rings. The van der Waals surface area contributed by atoms with E-state index in [1.54, 1.807) is 12.1 Å². The number of hydrogen-bond donors (Lipinski definition) is 1. The third-order valence-corrected chi connectivity index (χ3v) is 2.88. The van der Waals surface area contributed by atoms with Gasteiger partial charge in [0.25, 0.3) is 0 Å². The average Bonchev–Trinajstić information content (AvgIpc) is 2.35. The molecule has 0 saturated carbocycles. The zero-order valence-corrected chi connectivity index (χ0v) is 10.4. The normalized spacial score (nSPS) is 11.8. The molecule has 0 fully saturated rings. The molecule has 0 bridgehead atoms. The molecule has 0 atom stereocenters. The molecular formula is C13H10Cl2O2. The molecule has 1 N–H and O–H groups in total. The van der Waals surface area contributed by atoms with E-state index in [9.17, 15) is 5.11 Å². The van der Waals surface area contributed by atoms with E-state index in [2.05, 4.69) is 0 Å². The minimum atomic E-state index is 0.230. The van der Waals surface area contributed by atoms with Crippen LogP contribution in [-0.4, -0.2) is 11.7 Å². The van der Waals surface area contributed by atoms with Crippen molar-refractivity contribution in [2.24, 2.45) is 0 Å². The Morgan fingerprint density at radius 1 is 1.18 bits per heavy atom.